The summed E-state index contributed by atoms with van der Waals surface area (Å²) in [5.41, 5.74) is 5.26. The van der Waals surface area contributed by atoms with Gasteiger partial charge in [0.15, 0.2) is 5.82 Å². The normalized spacial score (nSPS) is 10.9. The summed E-state index contributed by atoms with van der Waals surface area (Å²) in [4.78, 5) is 25.0. The molecular formula is C19H19N7OS. The van der Waals surface area contributed by atoms with Crippen LogP contribution in [0.2, 0.25) is 0 Å². The maximum Gasteiger partial charge on any atom is 0.251 e. The zero-order valence-electron chi connectivity index (χ0n) is 15.5. The van der Waals surface area contributed by atoms with Crippen molar-refractivity contribution in [2.24, 2.45) is 0 Å². The molecule has 0 aliphatic heterocycles. The highest BCUT2D eigenvalue weighted by atomic mass is 32.1. The lowest BCUT2D eigenvalue weighted by Gasteiger charge is -2.09. The molecule has 8 nitrogen and oxygen atoms in total. The Kier molecular flexibility index (Phi) is 4.98. The molecule has 0 radical (unpaired) electrons. The molecule has 142 valence electrons. The van der Waals surface area contributed by atoms with Gasteiger partial charge in [-0.1, -0.05) is 0 Å². The zero-order valence-corrected chi connectivity index (χ0v) is 16.3. The highest BCUT2D eigenvalue weighted by Crippen LogP contribution is 2.19. The van der Waals surface area contributed by atoms with Gasteiger partial charge in [-0.05, 0) is 38.1 Å². The van der Waals surface area contributed by atoms with E-state index in [0.717, 1.165) is 21.6 Å². The van der Waals surface area contributed by atoms with E-state index in [1.165, 1.54) is 17.7 Å². The van der Waals surface area contributed by atoms with Crippen LogP contribution in [0.15, 0.2) is 42.2 Å². The molecule has 0 atom stereocenters. The van der Waals surface area contributed by atoms with Gasteiger partial charge >= 0.3 is 0 Å². The molecule has 3 aromatic heterocycles. The molecule has 0 aliphatic rings. The number of nitrogens with one attached hydrogen (secondary N) is 2. The minimum absolute atomic E-state index is 0.108. The Bertz CT molecular complexity index is 1130. The first-order chi connectivity index (χ1) is 13.6. The smallest absolute Gasteiger partial charge is 0.251 e. The van der Waals surface area contributed by atoms with Crippen molar-refractivity contribution in [2.75, 3.05) is 18.4 Å². The first kappa shape index (κ1) is 18.1. The average molecular weight is 393 g/mol. The molecule has 0 aliphatic carbocycles. The Morgan fingerprint density at radius 3 is 2.82 bits per heavy atom. The summed E-state index contributed by atoms with van der Waals surface area (Å²) >= 11 is 1.52. The monoisotopic (exact) mass is 393 g/mol. The van der Waals surface area contributed by atoms with Gasteiger partial charge in [-0.3, -0.25) is 4.79 Å². The molecule has 2 N–H and O–H groups in total. The van der Waals surface area contributed by atoms with Gasteiger partial charge in [-0.15, -0.1) is 11.3 Å². The number of fused-ring (bicyclic) bond motifs is 1. The Morgan fingerprint density at radius 2 is 2.00 bits per heavy atom. The number of aryl methyl sites for hydroxylation is 2. The number of benzene rings is 1. The van der Waals surface area contributed by atoms with Crippen LogP contribution in [-0.4, -0.2) is 43.7 Å². The molecule has 0 spiro atoms. The van der Waals surface area contributed by atoms with Crippen molar-refractivity contribution in [1.82, 2.24) is 30.0 Å². The Morgan fingerprint density at radius 1 is 1.11 bits per heavy atom. The van der Waals surface area contributed by atoms with Crippen LogP contribution in [0.4, 0.5) is 5.82 Å². The van der Waals surface area contributed by atoms with Gasteiger partial charge in [-0.2, -0.15) is 5.10 Å². The minimum Gasteiger partial charge on any atom is -0.368 e. The largest absolute Gasteiger partial charge is 0.368 e. The molecule has 4 aromatic rings. The molecule has 9 heteroatoms. The van der Waals surface area contributed by atoms with Crippen molar-refractivity contribution in [2.45, 2.75) is 13.8 Å². The second kappa shape index (κ2) is 7.73. The number of anilines is 1. The van der Waals surface area contributed by atoms with Crippen LogP contribution in [0, 0.1) is 13.8 Å². The first-order valence-electron chi connectivity index (χ1n) is 8.81. The highest BCUT2D eigenvalue weighted by molar-refractivity contribution is 7.16. The number of aromatic nitrogens is 5. The van der Waals surface area contributed by atoms with Crippen LogP contribution >= 0.6 is 11.3 Å². The van der Waals surface area contributed by atoms with Gasteiger partial charge in [0.1, 0.15) is 12.1 Å². The summed E-state index contributed by atoms with van der Waals surface area (Å²) in [7, 11) is 0. The zero-order chi connectivity index (χ0) is 19.5. The van der Waals surface area contributed by atoms with Crippen molar-refractivity contribution < 1.29 is 4.79 Å². The van der Waals surface area contributed by atoms with Gasteiger partial charge in [0.25, 0.3) is 5.91 Å². The van der Waals surface area contributed by atoms with Crippen LogP contribution in [0.3, 0.4) is 0 Å². The van der Waals surface area contributed by atoms with Gasteiger partial charge in [-0.25, -0.2) is 19.6 Å². The van der Waals surface area contributed by atoms with E-state index in [1.807, 2.05) is 38.1 Å². The number of nitrogens with zero attached hydrogens (tertiary/aromatic N) is 5. The molecule has 0 bridgehead atoms. The molecule has 1 amide bonds. The SMILES string of the molecule is Cc1cc(C)n(-c2cc(NCCNC(=O)c3ccc4ncsc4c3)ncn2)n1. The quantitative estimate of drug-likeness (QED) is 0.489. The molecule has 4 rings (SSSR count). The van der Waals surface area contributed by atoms with Gasteiger partial charge in [0.05, 0.1) is 21.4 Å². The van der Waals surface area contributed by atoms with Gasteiger partial charge in [0, 0.05) is 30.4 Å². The highest BCUT2D eigenvalue weighted by Gasteiger charge is 2.08. The number of carbonyl (C=O) groups is 1. The second-order valence-electron chi connectivity index (χ2n) is 6.32. The number of hydrogen-bond donors (Lipinski definition) is 2. The van der Waals surface area contributed by atoms with Crippen molar-refractivity contribution in [3.8, 4) is 5.82 Å². The van der Waals surface area contributed by atoms with E-state index < -0.39 is 0 Å². The molecule has 3 heterocycles. The predicted molar refractivity (Wildman–Crippen MR) is 109 cm³/mol. The van der Waals surface area contributed by atoms with Gasteiger partial charge in [0.2, 0.25) is 0 Å². The molecule has 1 aromatic carbocycles. The first-order valence-corrected chi connectivity index (χ1v) is 9.69. The molecule has 0 fully saturated rings. The van der Waals surface area contributed by atoms with Crippen molar-refractivity contribution in [1.29, 1.82) is 0 Å². The molecule has 0 unspecified atom stereocenters. The maximum absolute atomic E-state index is 12.3. The lowest BCUT2D eigenvalue weighted by Crippen LogP contribution is -2.28. The van der Waals surface area contributed by atoms with E-state index in [2.05, 4.69) is 30.7 Å². The molecular weight excluding hydrogens is 374 g/mol. The third-order valence-electron chi connectivity index (χ3n) is 4.19. The average Bonchev–Trinajstić information content (AvgIpc) is 3.30. The number of rotatable bonds is 6. The predicted octanol–water partition coefficient (Wildman–Crippen LogP) is 2.73. The number of hydrogen-bond acceptors (Lipinski definition) is 7. The molecule has 0 saturated carbocycles. The Hall–Kier alpha value is -3.33. The van der Waals surface area contributed by atoms with Gasteiger partial charge < -0.3 is 10.6 Å². The fraction of sp³-hybridized carbons (Fsp3) is 0.211. The summed E-state index contributed by atoms with van der Waals surface area (Å²) in [5, 5.41) is 10.5. The fourth-order valence-corrected chi connectivity index (χ4v) is 3.60. The van der Waals surface area contributed by atoms with E-state index in [9.17, 15) is 4.79 Å². The van der Waals surface area contributed by atoms with Crippen LogP contribution in [0.25, 0.3) is 16.0 Å². The molecule has 28 heavy (non-hydrogen) atoms. The summed E-state index contributed by atoms with van der Waals surface area (Å²) < 4.78 is 2.78. The second-order valence-corrected chi connectivity index (χ2v) is 7.20. The standard InChI is InChI=1S/C19H19N7OS/c1-12-7-13(2)26(25-12)18-9-17(22-10-23-18)20-5-6-21-19(27)14-3-4-15-16(8-14)28-11-24-15/h3-4,7-11H,5-6H2,1-2H3,(H,21,27)(H,20,22,23). The Labute approximate surface area is 165 Å². The lowest BCUT2D eigenvalue weighted by atomic mass is 10.2. The van der Waals surface area contributed by atoms with Crippen molar-refractivity contribution in [3.63, 3.8) is 0 Å². The van der Waals surface area contributed by atoms with Crippen LogP contribution in [0.1, 0.15) is 21.7 Å². The summed E-state index contributed by atoms with van der Waals surface area (Å²) in [5.74, 6) is 1.27. The Balaban J connectivity index is 1.33. The maximum atomic E-state index is 12.3. The number of thiazole rings is 1. The molecule has 0 saturated heterocycles. The van der Waals surface area contributed by atoms with Crippen LogP contribution in [0.5, 0.6) is 0 Å². The van der Waals surface area contributed by atoms with Crippen LogP contribution < -0.4 is 10.6 Å². The number of carbonyl (C=O) groups excluding carboxylic acids is 1. The third kappa shape index (κ3) is 3.84. The van der Waals surface area contributed by atoms with E-state index in [-0.39, 0.29) is 5.91 Å². The van der Waals surface area contributed by atoms with Crippen molar-refractivity contribution >= 4 is 33.3 Å². The van der Waals surface area contributed by atoms with E-state index in [4.69, 9.17) is 0 Å². The minimum atomic E-state index is -0.108. The topological polar surface area (TPSA) is 97.6 Å². The van der Waals surface area contributed by atoms with E-state index in [1.54, 1.807) is 16.3 Å². The number of amides is 1. The summed E-state index contributed by atoms with van der Waals surface area (Å²) in [6.45, 7) is 4.94. The van der Waals surface area contributed by atoms with Crippen LogP contribution in [-0.2, 0) is 0 Å². The van der Waals surface area contributed by atoms with E-state index >= 15 is 0 Å². The van der Waals surface area contributed by atoms with E-state index in [0.29, 0.717) is 30.3 Å². The lowest BCUT2D eigenvalue weighted by molar-refractivity contribution is 0.0955. The third-order valence-corrected chi connectivity index (χ3v) is 4.98. The summed E-state index contributed by atoms with van der Waals surface area (Å²) in [6.07, 6.45) is 1.50. The summed E-state index contributed by atoms with van der Waals surface area (Å²) in [6, 6.07) is 9.34. The van der Waals surface area contributed by atoms with Crippen molar-refractivity contribution in [3.05, 3.63) is 59.1 Å². The fourth-order valence-electron chi connectivity index (χ4n) is 2.89.